The summed E-state index contributed by atoms with van der Waals surface area (Å²) in [5.74, 6) is 0.817. The average Bonchev–Trinajstić information content (AvgIpc) is 2.62. The molecule has 0 bridgehead atoms. The van der Waals surface area contributed by atoms with Crippen LogP contribution in [-0.4, -0.2) is 49.8 Å². The van der Waals surface area contributed by atoms with E-state index in [1.807, 2.05) is 24.3 Å². The third kappa shape index (κ3) is 4.08. The van der Waals surface area contributed by atoms with E-state index >= 15 is 0 Å². The Bertz CT molecular complexity index is 649. The van der Waals surface area contributed by atoms with Crippen LogP contribution in [0.5, 0.6) is 5.75 Å². The minimum absolute atomic E-state index is 0.457. The van der Waals surface area contributed by atoms with E-state index in [0.29, 0.717) is 6.54 Å². The zero-order valence-electron chi connectivity index (χ0n) is 14.5. The van der Waals surface area contributed by atoms with Crippen LogP contribution in [0.3, 0.4) is 0 Å². The summed E-state index contributed by atoms with van der Waals surface area (Å²) in [6, 6.07) is 16.3. The number of ether oxygens (including phenoxy) is 1. The summed E-state index contributed by atoms with van der Waals surface area (Å²) in [6.07, 6.45) is -0.457. The van der Waals surface area contributed by atoms with Crippen molar-refractivity contribution in [2.75, 3.05) is 44.7 Å². The first-order valence-electron chi connectivity index (χ1n) is 8.51. The van der Waals surface area contributed by atoms with E-state index < -0.39 is 6.10 Å². The Balaban J connectivity index is 1.53. The van der Waals surface area contributed by atoms with Crippen molar-refractivity contribution in [2.45, 2.75) is 13.0 Å². The van der Waals surface area contributed by atoms with Gasteiger partial charge in [-0.05, 0) is 42.3 Å². The first kappa shape index (κ1) is 16.8. The molecule has 1 N–H and O–H groups in total. The minimum Gasteiger partial charge on any atom is -0.497 e. The second-order valence-corrected chi connectivity index (χ2v) is 6.42. The number of nitrogens with zero attached hydrogens (tertiary/aromatic N) is 2. The van der Waals surface area contributed by atoms with Gasteiger partial charge >= 0.3 is 0 Å². The molecule has 0 aliphatic carbocycles. The highest BCUT2D eigenvalue weighted by atomic mass is 16.5. The fourth-order valence-electron chi connectivity index (χ4n) is 3.19. The van der Waals surface area contributed by atoms with Crippen molar-refractivity contribution in [3.05, 3.63) is 59.7 Å². The van der Waals surface area contributed by atoms with E-state index in [4.69, 9.17) is 4.74 Å². The first-order chi connectivity index (χ1) is 11.7. The van der Waals surface area contributed by atoms with Crippen molar-refractivity contribution >= 4 is 5.69 Å². The number of aryl methyl sites for hydroxylation is 1. The van der Waals surface area contributed by atoms with E-state index in [1.165, 1.54) is 11.3 Å². The van der Waals surface area contributed by atoms with Gasteiger partial charge in [-0.3, -0.25) is 4.90 Å². The summed E-state index contributed by atoms with van der Waals surface area (Å²) >= 11 is 0. The number of hydrogen-bond acceptors (Lipinski definition) is 4. The molecule has 1 unspecified atom stereocenters. The second kappa shape index (κ2) is 7.69. The SMILES string of the molecule is COc1ccc(C(O)CN2CCN(c3cccc(C)c3)CC2)cc1. The Kier molecular flexibility index (Phi) is 5.38. The number of methoxy groups -OCH3 is 1. The van der Waals surface area contributed by atoms with Gasteiger partial charge in [0, 0.05) is 38.4 Å². The van der Waals surface area contributed by atoms with E-state index in [-0.39, 0.29) is 0 Å². The van der Waals surface area contributed by atoms with Crippen LogP contribution in [0, 0.1) is 6.92 Å². The van der Waals surface area contributed by atoms with E-state index in [2.05, 4.69) is 41.0 Å². The molecule has 1 aliphatic heterocycles. The molecule has 1 saturated heterocycles. The number of piperazine rings is 1. The Labute approximate surface area is 144 Å². The van der Waals surface area contributed by atoms with E-state index in [1.54, 1.807) is 7.11 Å². The largest absolute Gasteiger partial charge is 0.497 e. The van der Waals surface area contributed by atoms with Crippen LogP contribution in [-0.2, 0) is 0 Å². The van der Waals surface area contributed by atoms with Gasteiger partial charge < -0.3 is 14.7 Å². The van der Waals surface area contributed by atoms with Crippen molar-refractivity contribution in [2.24, 2.45) is 0 Å². The first-order valence-corrected chi connectivity index (χ1v) is 8.51. The maximum absolute atomic E-state index is 10.5. The summed E-state index contributed by atoms with van der Waals surface area (Å²) in [5, 5.41) is 10.5. The maximum Gasteiger partial charge on any atom is 0.118 e. The van der Waals surface area contributed by atoms with Gasteiger partial charge in [-0.1, -0.05) is 24.3 Å². The van der Waals surface area contributed by atoms with Crippen LogP contribution in [0.15, 0.2) is 48.5 Å². The molecule has 1 heterocycles. The number of β-amino-alcohol motifs (C(OH)–C–C–N with tert-alkyl or cyclic N) is 1. The lowest BCUT2D eigenvalue weighted by atomic mass is 10.1. The molecule has 4 nitrogen and oxygen atoms in total. The topological polar surface area (TPSA) is 35.9 Å². The lowest BCUT2D eigenvalue weighted by Crippen LogP contribution is -2.47. The fraction of sp³-hybridized carbons (Fsp3) is 0.400. The van der Waals surface area contributed by atoms with Gasteiger partial charge in [0.25, 0.3) is 0 Å². The normalized spacial score (nSPS) is 16.9. The number of aliphatic hydroxyl groups excluding tert-OH is 1. The van der Waals surface area contributed by atoms with Crippen LogP contribution < -0.4 is 9.64 Å². The van der Waals surface area contributed by atoms with Crippen molar-refractivity contribution in [1.82, 2.24) is 4.90 Å². The molecule has 24 heavy (non-hydrogen) atoms. The Morgan fingerprint density at radius 3 is 2.38 bits per heavy atom. The third-order valence-corrected chi connectivity index (χ3v) is 4.67. The molecule has 3 rings (SSSR count). The zero-order valence-corrected chi connectivity index (χ0v) is 14.5. The van der Waals surface area contributed by atoms with Crippen LogP contribution in [0.4, 0.5) is 5.69 Å². The molecular formula is C20H26N2O2. The highest BCUT2D eigenvalue weighted by Gasteiger charge is 2.20. The Morgan fingerprint density at radius 2 is 1.75 bits per heavy atom. The molecule has 1 aliphatic rings. The van der Waals surface area contributed by atoms with Gasteiger partial charge in [-0.2, -0.15) is 0 Å². The highest BCUT2D eigenvalue weighted by molar-refractivity contribution is 5.48. The third-order valence-electron chi connectivity index (χ3n) is 4.67. The van der Waals surface area contributed by atoms with Crippen LogP contribution in [0.2, 0.25) is 0 Å². The molecule has 128 valence electrons. The monoisotopic (exact) mass is 326 g/mol. The highest BCUT2D eigenvalue weighted by Crippen LogP contribution is 2.21. The summed E-state index contributed by atoms with van der Waals surface area (Å²) in [4.78, 5) is 4.75. The molecule has 0 amide bonds. The molecule has 1 fully saturated rings. The molecule has 0 radical (unpaired) electrons. The molecule has 1 atom stereocenters. The van der Waals surface area contributed by atoms with Gasteiger partial charge in [0.1, 0.15) is 5.75 Å². The zero-order chi connectivity index (χ0) is 16.9. The molecule has 0 spiro atoms. The summed E-state index contributed by atoms with van der Waals surface area (Å²) in [5.41, 5.74) is 3.53. The Hall–Kier alpha value is -2.04. The van der Waals surface area contributed by atoms with Gasteiger partial charge in [0.2, 0.25) is 0 Å². The Morgan fingerprint density at radius 1 is 1.04 bits per heavy atom. The van der Waals surface area contributed by atoms with Crippen molar-refractivity contribution < 1.29 is 9.84 Å². The van der Waals surface area contributed by atoms with E-state index in [0.717, 1.165) is 37.5 Å². The molecule has 2 aromatic rings. The number of aliphatic hydroxyl groups is 1. The van der Waals surface area contributed by atoms with Gasteiger partial charge in [-0.15, -0.1) is 0 Å². The standard InChI is InChI=1S/C20H26N2O2/c1-16-4-3-5-18(14-16)22-12-10-21(11-13-22)15-20(23)17-6-8-19(24-2)9-7-17/h3-9,14,20,23H,10-13,15H2,1-2H3. The van der Waals surface area contributed by atoms with Gasteiger partial charge in [0.15, 0.2) is 0 Å². The van der Waals surface area contributed by atoms with Gasteiger partial charge in [-0.25, -0.2) is 0 Å². The van der Waals surface area contributed by atoms with Crippen LogP contribution in [0.1, 0.15) is 17.2 Å². The van der Waals surface area contributed by atoms with E-state index in [9.17, 15) is 5.11 Å². The number of benzene rings is 2. The smallest absolute Gasteiger partial charge is 0.118 e. The van der Waals surface area contributed by atoms with Crippen LogP contribution >= 0.6 is 0 Å². The van der Waals surface area contributed by atoms with Crippen LogP contribution in [0.25, 0.3) is 0 Å². The molecule has 4 heteroatoms. The molecular weight excluding hydrogens is 300 g/mol. The summed E-state index contributed by atoms with van der Waals surface area (Å²) in [7, 11) is 1.65. The quantitative estimate of drug-likeness (QED) is 0.916. The summed E-state index contributed by atoms with van der Waals surface area (Å²) < 4.78 is 5.16. The predicted molar refractivity (Wildman–Crippen MR) is 97.8 cm³/mol. The number of anilines is 1. The van der Waals surface area contributed by atoms with Crippen molar-refractivity contribution in [3.8, 4) is 5.75 Å². The lowest BCUT2D eigenvalue weighted by molar-refractivity contribution is 0.109. The molecule has 0 saturated carbocycles. The summed E-state index contributed by atoms with van der Waals surface area (Å²) in [6.45, 7) is 6.75. The average molecular weight is 326 g/mol. The molecule has 0 aromatic heterocycles. The molecule has 2 aromatic carbocycles. The predicted octanol–water partition coefficient (Wildman–Crippen LogP) is 2.86. The number of rotatable bonds is 5. The van der Waals surface area contributed by atoms with Crippen molar-refractivity contribution in [3.63, 3.8) is 0 Å². The number of hydrogen-bond donors (Lipinski definition) is 1. The lowest BCUT2D eigenvalue weighted by Gasteiger charge is -2.37. The van der Waals surface area contributed by atoms with Crippen molar-refractivity contribution in [1.29, 1.82) is 0 Å². The fourth-order valence-corrected chi connectivity index (χ4v) is 3.19. The maximum atomic E-state index is 10.5. The second-order valence-electron chi connectivity index (χ2n) is 6.42. The minimum atomic E-state index is -0.457. The van der Waals surface area contributed by atoms with Gasteiger partial charge in [0.05, 0.1) is 13.2 Å².